The van der Waals surface area contributed by atoms with E-state index in [-0.39, 0.29) is 49.4 Å². The van der Waals surface area contributed by atoms with Gasteiger partial charge in [0.25, 0.3) is 0 Å². The Morgan fingerprint density at radius 3 is 2.57 bits per heavy atom. The lowest BCUT2D eigenvalue weighted by Gasteiger charge is -2.32. The molecular formula is C17H22F3N5O4S. The van der Waals surface area contributed by atoms with E-state index in [1.54, 1.807) is 6.92 Å². The Balaban J connectivity index is 1.66. The second-order valence-corrected chi connectivity index (χ2v) is 9.58. The van der Waals surface area contributed by atoms with Gasteiger partial charge in [-0.05, 0) is 39.0 Å². The highest BCUT2D eigenvalue weighted by molar-refractivity contribution is 7.90. The Kier molecular flexibility index (Phi) is 6.13. The van der Waals surface area contributed by atoms with Crippen molar-refractivity contribution < 1.29 is 31.4 Å². The van der Waals surface area contributed by atoms with Gasteiger partial charge in [0.2, 0.25) is 11.8 Å². The SMILES string of the molecule is C[C@]1(O)CCC[C@H]1Oc1nc(NC2CCN(S(=O)(=O)C(F)(F)F)CC2)ncc1C#N. The van der Waals surface area contributed by atoms with Crippen LogP contribution < -0.4 is 10.1 Å². The molecule has 1 saturated carbocycles. The smallest absolute Gasteiger partial charge is 0.470 e. The highest BCUT2D eigenvalue weighted by atomic mass is 32.2. The molecule has 0 aromatic carbocycles. The van der Waals surface area contributed by atoms with Crippen molar-refractivity contribution >= 4 is 16.0 Å². The maximum absolute atomic E-state index is 12.7. The Labute approximate surface area is 171 Å². The van der Waals surface area contributed by atoms with Crippen LogP contribution in [0.1, 0.15) is 44.6 Å². The van der Waals surface area contributed by atoms with Crippen LogP contribution in [0.2, 0.25) is 0 Å². The minimum absolute atomic E-state index is 0.0132. The molecule has 166 valence electrons. The van der Waals surface area contributed by atoms with Crippen LogP contribution in [0.4, 0.5) is 19.1 Å². The van der Waals surface area contributed by atoms with E-state index in [1.165, 1.54) is 6.20 Å². The molecule has 1 aromatic heterocycles. The van der Waals surface area contributed by atoms with Crippen LogP contribution in [0.25, 0.3) is 0 Å². The summed E-state index contributed by atoms with van der Waals surface area (Å²) in [6, 6.07) is 1.58. The van der Waals surface area contributed by atoms with E-state index in [0.717, 1.165) is 6.42 Å². The molecule has 2 heterocycles. The number of nitriles is 1. The third-order valence-electron chi connectivity index (χ3n) is 5.39. The number of rotatable bonds is 5. The molecule has 3 rings (SSSR count). The van der Waals surface area contributed by atoms with Crippen LogP contribution in [0, 0.1) is 11.3 Å². The number of nitrogens with one attached hydrogen (secondary N) is 1. The van der Waals surface area contributed by atoms with E-state index in [9.17, 15) is 32.0 Å². The van der Waals surface area contributed by atoms with Crippen molar-refractivity contribution in [3.8, 4) is 11.9 Å². The second kappa shape index (κ2) is 8.16. The lowest BCUT2D eigenvalue weighted by atomic mass is 10.0. The van der Waals surface area contributed by atoms with Gasteiger partial charge in [0.05, 0.1) is 11.8 Å². The van der Waals surface area contributed by atoms with Crippen LogP contribution >= 0.6 is 0 Å². The molecule has 13 heteroatoms. The standard InChI is InChI=1S/C17H22F3N5O4S/c1-16(26)6-2-3-13(16)29-14-11(9-21)10-22-15(24-14)23-12-4-7-25(8-5-12)30(27,28)17(18,19)20/h10,12-13,26H,2-8H2,1H3,(H,22,23,24)/t13-,16+/m1/s1. The molecule has 2 atom stereocenters. The van der Waals surface area contributed by atoms with Gasteiger partial charge in [0.1, 0.15) is 17.7 Å². The number of hydrogen-bond acceptors (Lipinski definition) is 8. The van der Waals surface area contributed by atoms with Crippen molar-refractivity contribution in [3.63, 3.8) is 0 Å². The summed E-state index contributed by atoms with van der Waals surface area (Å²) in [7, 11) is -5.34. The summed E-state index contributed by atoms with van der Waals surface area (Å²) >= 11 is 0. The van der Waals surface area contributed by atoms with Gasteiger partial charge in [0, 0.05) is 19.1 Å². The average molecular weight is 449 g/mol. The van der Waals surface area contributed by atoms with Gasteiger partial charge in [-0.15, -0.1) is 0 Å². The lowest BCUT2D eigenvalue weighted by Crippen LogP contribution is -2.47. The summed E-state index contributed by atoms with van der Waals surface area (Å²) in [6.45, 7) is 1.08. The van der Waals surface area contributed by atoms with Crippen molar-refractivity contribution in [1.82, 2.24) is 14.3 Å². The molecule has 0 unspecified atom stereocenters. The number of ether oxygens (including phenoxy) is 1. The fourth-order valence-corrected chi connectivity index (χ4v) is 4.59. The number of hydrogen-bond donors (Lipinski definition) is 2. The van der Waals surface area contributed by atoms with Crippen molar-refractivity contribution in [3.05, 3.63) is 11.8 Å². The van der Waals surface area contributed by atoms with E-state index in [2.05, 4.69) is 15.3 Å². The molecule has 2 N–H and O–H groups in total. The highest BCUT2D eigenvalue weighted by Crippen LogP contribution is 2.34. The number of sulfonamides is 1. The molecule has 1 aliphatic carbocycles. The van der Waals surface area contributed by atoms with E-state index >= 15 is 0 Å². The summed E-state index contributed by atoms with van der Waals surface area (Å²) in [6.07, 6.45) is 2.94. The Bertz CT molecular complexity index is 924. The molecular weight excluding hydrogens is 427 g/mol. The van der Waals surface area contributed by atoms with Crippen molar-refractivity contribution in [1.29, 1.82) is 5.26 Å². The number of aromatic nitrogens is 2. The van der Waals surface area contributed by atoms with Crippen LogP contribution in [0.5, 0.6) is 5.88 Å². The van der Waals surface area contributed by atoms with Gasteiger partial charge in [-0.25, -0.2) is 13.4 Å². The Morgan fingerprint density at radius 1 is 1.37 bits per heavy atom. The zero-order valence-electron chi connectivity index (χ0n) is 16.2. The van der Waals surface area contributed by atoms with E-state index in [0.29, 0.717) is 17.1 Å². The van der Waals surface area contributed by atoms with Crippen molar-refractivity contribution in [2.45, 2.75) is 62.3 Å². The largest absolute Gasteiger partial charge is 0.511 e. The Hall–Kier alpha value is -2.17. The number of nitrogens with zero attached hydrogens (tertiary/aromatic N) is 4. The fourth-order valence-electron chi connectivity index (χ4n) is 3.61. The van der Waals surface area contributed by atoms with Gasteiger partial charge in [-0.3, -0.25) is 0 Å². The zero-order valence-corrected chi connectivity index (χ0v) is 17.0. The highest BCUT2D eigenvalue weighted by Gasteiger charge is 2.50. The van der Waals surface area contributed by atoms with Crippen molar-refractivity contribution in [2.75, 3.05) is 18.4 Å². The molecule has 30 heavy (non-hydrogen) atoms. The molecule has 1 aliphatic heterocycles. The predicted octanol–water partition coefficient (Wildman–Crippen LogP) is 1.76. The van der Waals surface area contributed by atoms with Crippen LogP contribution in [-0.4, -0.2) is 64.1 Å². The summed E-state index contributed by atoms with van der Waals surface area (Å²) in [5.74, 6) is 0.123. The minimum atomic E-state index is -5.34. The molecule has 2 fully saturated rings. The summed E-state index contributed by atoms with van der Waals surface area (Å²) in [4.78, 5) is 8.21. The molecule has 0 radical (unpaired) electrons. The summed E-state index contributed by atoms with van der Waals surface area (Å²) in [5, 5.41) is 22.6. The number of piperidine rings is 1. The Morgan fingerprint density at radius 2 is 2.03 bits per heavy atom. The molecule has 9 nitrogen and oxygen atoms in total. The monoisotopic (exact) mass is 449 g/mol. The minimum Gasteiger partial charge on any atom is -0.470 e. The summed E-state index contributed by atoms with van der Waals surface area (Å²) < 4.78 is 67.2. The topological polar surface area (TPSA) is 128 Å². The number of halogens is 3. The molecule has 0 spiro atoms. The molecule has 2 aliphatic rings. The van der Waals surface area contributed by atoms with Crippen LogP contribution in [0.3, 0.4) is 0 Å². The lowest BCUT2D eigenvalue weighted by molar-refractivity contribution is -0.0494. The molecule has 0 bridgehead atoms. The number of anilines is 1. The molecule has 1 saturated heterocycles. The van der Waals surface area contributed by atoms with Gasteiger partial charge >= 0.3 is 15.5 Å². The second-order valence-electron chi connectivity index (χ2n) is 7.65. The van der Waals surface area contributed by atoms with Gasteiger partial charge < -0.3 is 15.2 Å². The third kappa shape index (κ3) is 4.60. The number of aliphatic hydroxyl groups is 1. The maximum Gasteiger partial charge on any atom is 0.511 e. The first-order valence-electron chi connectivity index (χ1n) is 9.43. The zero-order chi connectivity index (χ0) is 22.2. The normalized spacial score (nSPS) is 26.3. The first kappa shape index (κ1) is 22.5. The quantitative estimate of drug-likeness (QED) is 0.696. The molecule has 0 amide bonds. The average Bonchev–Trinajstić information content (AvgIpc) is 3.00. The van der Waals surface area contributed by atoms with E-state index in [4.69, 9.17) is 4.74 Å². The number of alkyl halides is 3. The fraction of sp³-hybridized carbons (Fsp3) is 0.706. The van der Waals surface area contributed by atoms with E-state index < -0.39 is 27.2 Å². The van der Waals surface area contributed by atoms with Crippen molar-refractivity contribution in [2.24, 2.45) is 0 Å². The van der Waals surface area contributed by atoms with Crippen LogP contribution in [0.15, 0.2) is 6.20 Å². The van der Waals surface area contributed by atoms with Gasteiger partial charge in [-0.1, -0.05) is 0 Å². The maximum atomic E-state index is 12.7. The predicted molar refractivity (Wildman–Crippen MR) is 98.8 cm³/mol. The third-order valence-corrected chi connectivity index (χ3v) is 7.02. The first-order chi connectivity index (χ1) is 13.9. The van der Waals surface area contributed by atoms with E-state index in [1.807, 2.05) is 6.07 Å². The summed E-state index contributed by atoms with van der Waals surface area (Å²) in [5.41, 5.74) is -6.27. The molecule has 1 aromatic rings. The first-order valence-corrected chi connectivity index (χ1v) is 10.9. The van der Waals surface area contributed by atoms with Gasteiger partial charge in [0.15, 0.2) is 0 Å². The van der Waals surface area contributed by atoms with Crippen LogP contribution in [-0.2, 0) is 10.0 Å². The van der Waals surface area contributed by atoms with Gasteiger partial charge in [-0.2, -0.15) is 27.7 Å².